The minimum atomic E-state index is 0.0238. The smallest absolute Gasteiger partial charge is 0.247 e. The molecule has 0 saturated carbocycles. The molecule has 0 unspecified atom stereocenters. The SMILES string of the molecule is O=C(NCc1ccc2ccc3cccc4ccc1c2c34)C1=CC=CC1. The molecule has 0 bridgehead atoms. The molecule has 1 aliphatic carbocycles. The lowest BCUT2D eigenvalue weighted by molar-refractivity contribution is -0.117. The molecule has 4 aromatic rings. The van der Waals surface area contributed by atoms with E-state index in [1.165, 1.54) is 32.3 Å². The number of amides is 1. The summed E-state index contributed by atoms with van der Waals surface area (Å²) in [4.78, 5) is 12.3. The number of carbonyl (C=O) groups is 1. The second kappa shape index (κ2) is 5.45. The van der Waals surface area contributed by atoms with Crippen LogP contribution in [0.3, 0.4) is 0 Å². The van der Waals surface area contributed by atoms with Crippen molar-refractivity contribution in [1.82, 2.24) is 5.32 Å². The first-order chi connectivity index (χ1) is 12.3. The molecule has 0 aliphatic heterocycles. The van der Waals surface area contributed by atoms with Gasteiger partial charge in [0.15, 0.2) is 0 Å². The number of rotatable bonds is 3. The summed E-state index contributed by atoms with van der Waals surface area (Å²) >= 11 is 0. The zero-order chi connectivity index (χ0) is 16.8. The summed E-state index contributed by atoms with van der Waals surface area (Å²) in [6.45, 7) is 0.546. The maximum absolute atomic E-state index is 12.3. The third-order valence-electron chi connectivity index (χ3n) is 5.12. The van der Waals surface area contributed by atoms with Crippen molar-refractivity contribution in [1.29, 1.82) is 0 Å². The molecule has 1 aliphatic rings. The molecule has 120 valence electrons. The monoisotopic (exact) mass is 323 g/mol. The Balaban J connectivity index is 1.60. The van der Waals surface area contributed by atoms with Crippen LogP contribution >= 0.6 is 0 Å². The Morgan fingerprint density at radius 3 is 2.36 bits per heavy atom. The highest BCUT2D eigenvalue weighted by molar-refractivity contribution is 6.23. The van der Waals surface area contributed by atoms with Gasteiger partial charge in [0.2, 0.25) is 5.91 Å². The Morgan fingerprint density at radius 1 is 0.880 bits per heavy atom. The van der Waals surface area contributed by atoms with Gasteiger partial charge in [0.25, 0.3) is 0 Å². The largest absolute Gasteiger partial charge is 0.348 e. The van der Waals surface area contributed by atoms with Gasteiger partial charge in [-0.15, -0.1) is 0 Å². The Kier molecular flexibility index (Phi) is 3.10. The van der Waals surface area contributed by atoms with Crippen molar-refractivity contribution in [3.05, 3.63) is 84.0 Å². The highest BCUT2D eigenvalue weighted by atomic mass is 16.1. The summed E-state index contributed by atoms with van der Waals surface area (Å²) in [5, 5.41) is 10.7. The molecule has 1 amide bonds. The maximum Gasteiger partial charge on any atom is 0.247 e. The van der Waals surface area contributed by atoms with Gasteiger partial charge in [-0.3, -0.25) is 4.79 Å². The number of nitrogens with one attached hydrogen (secondary N) is 1. The minimum absolute atomic E-state index is 0.0238. The number of hydrogen-bond donors (Lipinski definition) is 1. The lowest BCUT2D eigenvalue weighted by atomic mass is 9.92. The molecule has 0 atom stereocenters. The first-order valence-corrected chi connectivity index (χ1v) is 8.60. The zero-order valence-corrected chi connectivity index (χ0v) is 13.8. The van der Waals surface area contributed by atoms with Gasteiger partial charge in [-0.2, -0.15) is 0 Å². The van der Waals surface area contributed by atoms with Crippen molar-refractivity contribution in [3.63, 3.8) is 0 Å². The zero-order valence-electron chi connectivity index (χ0n) is 13.8. The molecular weight excluding hydrogens is 306 g/mol. The molecule has 4 aromatic carbocycles. The van der Waals surface area contributed by atoms with E-state index in [1.807, 2.05) is 18.2 Å². The van der Waals surface area contributed by atoms with Crippen molar-refractivity contribution in [3.8, 4) is 0 Å². The number of allylic oxidation sites excluding steroid dienone is 3. The third-order valence-corrected chi connectivity index (χ3v) is 5.12. The molecule has 0 radical (unpaired) electrons. The first-order valence-electron chi connectivity index (χ1n) is 8.60. The third kappa shape index (κ3) is 2.22. The van der Waals surface area contributed by atoms with Crippen LogP contribution in [-0.4, -0.2) is 5.91 Å². The summed E-state index contributed by atoms with van der Waals surface area (Å²) in [6.07, 6.45) is 6.56. The molecule has 2 nitrogen and oxygen atoms in total. The van der Waals surface area contributed by atoms with Gasteiger partial charge < -0.3 is 5.32 Å². The van der Waals surface area contributed by atoms with E-state index in [0.717, 1.165) is 17.6 Å². The van der Waals surface area contributed by atoms with Gasteiger partial charge in [0.1, 0.15) is 0 Å². The topological polar surface area (TPSA) is 29.1 Å². The van der Waals surface area contributed by atoms with Crippen LogP contribution in [0.2, 0.25) is 0 Å². The van der Waals surface area contributed by atoms with Crippen molar-refractivity contribution in [2.75, 3.05) is 0 Å². The second-order valence-corrected chi connectivity index (χ2v) is 6.59. The van der Waals surface area contributed by atoms with E-state index in [4.69, 9.17) is 0 Å². The minimum Gasteiger partial charge on any atom is -0.348 e. The summed E-state index contributed by atoms with van der Waals surface area (Å²) < 4.78 is 0. The molecule has 0 saturated heterocycles. The van der Waals surface area contributed by atoms with E-state index in [9.17, 15) is 4.79 Å². The predicted octanol–water partition coefficient (Wildman–Crippen LogP) is 5.09. The number of hydrogen-bond acceptors (Lipinski definition) is 1. The molecule has 5 rings (SSSR count). The van der Waals surface area contributed by atoms with Gasteiger partial charge in [0, 0.05) is 12.1 Å². The maximum atomic E-state index is 12.3. The van der Waals surface area contributed by atoms with Crippen LogP contribution in [-0.2, 0) is 11.3 Å². The van der Waals surface area contributed by atoms with Crippen LogP contribution < -0.4 is 5.32 Å². The highest BCUT2D eigenvalue weighted by Gasteiger charge is 2.13. The normalized spacial score (nSPS) is 13.8. The molecule has 0 heterocycles. The second-order valence-electron chi connectivity index (χ2n) is 6.59. The van der Waals surface area contributed by atoms with Crippen LogP contribution in [0.1, 0.15) is 12.0 Å². The van der Waals surface area contributed by atoms with E-state index in [0.29, 0.717) is 6.54 Å². The Bertz CT molecular complexity index is 1170. The quantitative estimate of drug-likeness (QED) is 0.523. The van der Waals surface area contributed by atoms with Crippen LogP contribution in [0.15, 0.2) is 78.4 Å². The number of benzene rings is 4. The fraction of sp³-hybridized carbons (Fsp3) is 0.0870. The van der Waals surface area contributed by atoms with Crippen LogP contribution in [0.25, 0.3) is 32.3 Å². The van der Waals surface area contributed by atoms with Gasteiger partial charge in [0.05, 0.1) is 0 Å². The lowest BCUT2D eigenvalue weighted by Crippen LogP contribution is -2.24. The van der Waals surface area contributed by atoms with E-state index in [-0.39, 0.29) is 5.91 Å². The average molecular weight is 323 g/mol. The number of carbonyl (C=O) groups excluding carboxylic acids is 1. The van der Waals surface area contributed by atoms with Gasteiger partial charge >= 0.3 is 0 Å². The van der Waals surface area contributed by atoms with Crippen molar-refractivity contribution < 1.29 is 4.79 Å². The fourth-order valence-corrected chi connectivity index (χ4v) is 3.85. The van der Waals surface area contributed by atoms with Crippen molar-refractivity contribution >= 4 is 38.2 Å². The van der Waals surface area contributed by atoms with Gasteiger partial charge in [-0.25, -0.2) is 0 Å². The van der Waals surface area contributed by atoms with Gasteiger partial charge in [-0.05, 0) is 44.3 Å². The Hall–Kier alpha value is -3.13. The summed E-state index contributed by atoms with van der Waals surface area (Å²) in [6, 6.07) is 19.4. The standard InChI is InChI=1S/C23H17NO/c25-23(18-4-1-2-5-18)24-14-19-11-10-17-9-8-15-6-3-7-16-12-13-20(19)22(17)21(15)16/h1-4,6-13H,5,14H2,(H,24,25). The van der Waals surface area contributed by atoms with Crippen molar-refractivity contribution in [2.45, 2.75) is 13.0 Å². The van der Waals surface area contributed by atoms with E-state index in [1.54, 1.807) is 0 Å². The molecule has 0 spiro atoms. The highest BCUT2D eigenvalue weighted by Crippen LogP contribution is 2.35. The van der Waals surface area contributed by atoms with Crippen LogP contribution in [0.4, 0.5) is 0 Å². The summed E-state index contributed by atoms with van der Waals surface area (Å²) in [5.41, 5.74) is 1.99. The Morgan fingerprint density at radius 2 is 1.60 bits per heavy atom. The van der Waals surface area contributed by atoms with Gasteiger partial charge in [-0.1, -0.05) is 72.8 Å². The molecule has 1 N–H and O–H groups in total. The molecule has 25 heavy (non-hydrogen) atoms. The fourth-order valence-electron chi connectivity index (χ4n) is 3.85. The molecule has 0 fully saturated rings. The predicted molar refractivity (Wildman–Crippen MR) is 104 cm³/mol. The Labute approximate surface area is 145 Å². The molecular formula is C23H17NO. The van der Waals surface area contributed by atoms with E-state index < -0.39 is 0 Å². The van der Waals surface area contributed by atoms with Crippen LogP contribution in [0.5, 0.6) is 0 Å². The van der Waals surface area contributed by atoms with Crippen LogP contribution in [0, 0.1) is 0 Å². The van der Waals surface area contributed by atoms with E-state index in [2.05, 4.69) is 59.9 Å². The van der Waals surface area contributed by atoms with E-state index >= 15 is 0 Å². The average Bonchev–Trinajstić information content (AvgIpc) is 3.19. The molecule has 0 aromatic heterocycles. The molecule has 2 heteroatoms. The lowest BCUT2D eigenvalue weighted by Gasteiger charge is -2.14. The summed E-state index contributed by atoms with van der Waals surface area (Å²) in [5.74, 6) is 0.0238. The van der Waals surface area contributed by atoms with Crippen molar-refractivity contribution in [2.24, 2.45) is 0 Å². The summed E-state index contributed by atoms with van der Waals surface area (Å²) in [7, 11) is 0. The first kappa shape index (κ1) is 14.2.